The third-order valence-electron chi connectivity index (χ3n) is 5.99. The number of hydrogen-bond donors (Lipinski definition) is 1. The largest absolute Gasteiger partial charge is 0.501 e. The molecule has 1 aliphatic rings. The molecule has 0 aliphatic carbocycles. The number of urea groups is 1. The maximum absolute atomic E-state index is 13.3. The number of carbonyl (C=O) groups excluding carboxylic acids is 2. The number of nitrogens with zero attached hydrogens (tertiary/aromatic N) is 3. The molecule has 15 heteroatoms. The Bertz CT molecular complexity index is 1640. The maximum Gasteiger partial charge on any atom is 0.501 e. The smallest absolute Gasteiger partial charge is 0.305 e. The van der Waals surface area contributed by atoms with Crippen molar-refractivity contribution in [1.29, 1.82) is 0 Å². The van der Waals surface area contributed by atoms with Crippen LogP contribution in [0.25, 0.3) is 0 Å². The second-order valence-electron chi connectivity index (χ2n) is 8.98. The molecule has 0 radical (unpaired) electrons. The van der Waals surface area contributed by atoms with Crippen molar-refractivity contribution in [2.45, 2.75) is 41.2 Å². The number of pyridine rings is 1. The Balaban J connectivity index is 1.58. The summed E-state index contributed by atoms with van der Waals surface area (Å²) in [5.74, 6) is -0.719. The molecule has 1 fully saturated rings. The first-order chi connectivity index (χ1) is 18.1. The molecule has 1 N–H and O–H groups in total. The monoisotopic (exact) mass is 582 g/mol. The van der Waals surface area contributed by atoms with Gasteiger partial charge in [-0.05, 0) is 67.9 Å². The topological polar surface area (TPSA) is 134 Å². The van der Waals surface area contributed by atoms with E-state index in [-0.39, 0.29) is 22.9 Å². The van der Waals surface area contributed by atoms with Gasteiger partial charge in [0.05, 0.1) is 15.5 Å². The van der Waals surface area contributed by atoms with Crippen molar-refractivity contribution in [2.75, 3.05) is 9.62 Å². The molecule has 3 amide bonds. The number of halogens is 3. The third kappa shape index (κ3) is 5.18. The average Bonchev–Trinajstić information content (AvgIpc) is 3.03. The van der Waals surface area contributed by atoms with E-state index in [1.54, 1.807) is 18.2 Å². The normalized spacial score (nSPS) is 16.0. The molecule has 3 aromatic rings. The van der Waals surface area contributed by atoms with Gasteiger partial charge in [0, 0.05) is 12.7 Å². The summed E-state index contributed by atoms with van der Waals surface area (Å²) in [6.45, 7) is 2.79. The van der Waals surface area contributed by atoms with Crippen LogP contribution in [0.15, 0.2) is 82.7 Å². The average molecular weight is 583 g/mol. The summed E-state index contributed by atoms with van der Waals surface area (Å²) in [5, 5.41) is 0. The molecule has 1 aliphatic heterocycles. The van der Waals surface area contributed by atoms with Gasteiger partial charge in [0.2, 0.25) is 0 Å². The molecule has 2 aromatic carbocycles. The Morgan fingerprint density at radius 1 is 0.897 bits per heavy atom. The van der Waals surface area contributed by atoms with Crippen LogP contribution in [-0.2, 0) is 31.2 Å². The fourth-order valence-corrected chi connectivity index (χ4v) is 5.63. The molecule has 0 spiro atoms. The number of amides is 3. The van der Waals surface area contributed by atoms with Crippen molar-refractivity contribution in [3.8, 4) is 0 Å². The molecule has 1 saturated heterocycles. The van der Waals surface area contributed by atoms with E-state index in [0.29, 0.717) is 17.7 Å². The number of rotatable bonds is 7. The van der Waals surface area contributed by atoms with Gasteiger partial charge in [-0.25, -0.2) is 31.5 Å². The fraction of sp³-hybridized carbons (Fsp3) is 0.208. The van der Waals surface area contributed by atoms with Crippen LogP contribution in [0.2, 0.25) is 0 Å². The molecule has 0 saturated carbocycles. The Kier molecular flexibility index (Phi) is 6.93. The molecule has 0 atom stereocenters. The Labute approximate surface area is 222 Å². The Morgan fingerprint density at radius 2 is 1.51 bits per heavy atom. The Morgan fingerprint density at radius 3 is 2.10 bits per heavy atom. The fourth-order valence-electron chi connectivity index (χ4n) is 3.84. The maximum atomic E-state index is 13.3. The molecule has 39 heavy (non-hydrogen) atoms. The van der Waals surface area contributed by atoms with Crippen LogP contribution in [-0.4, -0.2) is 49.7 Å². The SMILES string of the molecule is CC1(C)C(=O)N(c2ccc(S(=O)(=O)C(F)(F)F)cc2)C(=O)N1Cc1ccnc(NS(=O)(=O)c2ccccc2)c1. The van der Waals surface area contributed by atoms with Gasteiger partial charge < -0.3 is 4.90 Å². The summed E-state index contributed by atoms with van der Waals surface area (Å²) in [6.07, 6.45) is 1.32. The number of sulfone groups is 1. The molecular weight excluding hydrogens is 561 g/mol. The van der Waals surface area contributed by atoms with Crippen molar-refractivity contribution < 1.29 is 39.6 Å². The summed E-state index contributed by atoms with van der Waals surface area (Å²) >= 11 is 0. The Hall–Kier alpha value is -3.98. The van der Waals surface area contributed by atoms with E-state index in [0.717, 1.165) is 17.0 Å². The van der Waals surface area contributed by atoms with E-state index in [1.807, 2.05) is 0 Å². The van der Waals surface area contributed by atoms with Crippen LogP contribution in [0.3, 0.4) is 0 Å². The van der Waals surface area contributed by atoms with Crippen molar-refractivity contribution in [1.82, 2.24) is 9.88 Å². The van der Waals surface area contributed by atoms with Crippen LogP contribution in [0.5, 0.6) is 0 Å². The van der Waals surface area contributed by atoms with Gasteiger partial charge in [-0.1, -0.05) is 18.2 Å². The first kappa shape index (κ1) is 28.0. The van der Waals surface area contributed by atoms with Gasteiger partial charge in [0.15, 0.2) is 0 Å². The zero-order chi connectivity index (χ0) is 28.8. The van der Waals surface area contributed by atoms with E-state index >= 15 is 0 Å². The highest BCUT2D eigenvalue weighted by Gasteiger charge is 2.52. The third-order valence-corrected chi connectivity index (χ3v) is 8.86. The zero-order valence-electron chi connectivity index (χ0n) is 20.4. The summed E-state index contributed by atoms with van der Waals surface area (Å²) in [4.78, 5) is 31.4. The van der Waals surface area contributed by atoms with E-state index in [2.05, 4.69) is 9.71 Å². The van der Waals surface area contributed by atoms with Gasteiger partial charge in [-0.15, -0.1) is 0 Å². The van der Waals surface area contributed by atoms with Crippen LogP contribution < -0.4 is 9.62 Å². The van der Waals surface area contributed by atoms with Crippen LogP contribution in [0.4, 0.5) is 29.5 Å². The number of anilines is 2. The molecule has 4 rings (SSSR count). The molecule has 0 bridgehead atoms. The highest BCUT2D eigenvalue weighted by molar-refractivity contribution is 7.92. The highest BCUT2D eigenvalue weighted by Crippen LogP contribution is 2.35. The quantitative estimate of drug-likeness (QED) is 0.418. The lowest BCUT2D eigenvalue weighted by Crippen LogP contribution is -2.43. The van der Waals surface area contributed by atoms with Gasteiger partial charge >= 0.3 is 11.5 Å². The summed E-state index contributed by atoms with van der Waals surface area (Å²) in [5.41, 5.74) is -6.60. The first-order valence-electron chi connectivity index (χ1n) is 11.2. The number of sulfonamides is 1. The second-order valence-corrected chi connectivity index (χ2v) is 12.6. The zero-order valence-corrected chi connectivity index (χ0v) is 22.0. The molecular formula is C24H21F3N4O6S2. The summed E-state index contributed by atoms with van der Waals surface area (Å²) in [7, 11) is -9.54. The number of benzene rings is 2. The number of carbonyl (C=O) groups is 2. The van der Waals surface area contributed by atoms with Crippen molar-refractivity contribution in [3.05, 3.63) is 78.5 Å². The van der Waals surface area contributed by atoms with Crippen molar-refractivity contribution >= 4 is 43.3 Å². The van der Waals surface area contributed by atoms with Gasteiger partial charge in [-0.2, -0.15) is 13.2 Å². The predicted octanol–water partition coefficient (Wildman–Crippen LogP) is 3.92. The predicted molar refractivity (Wildman–Crippen MR) is 134 cm³/mol. The van der Waals surface area contributed by atoms with E-state index in [9.17, 15) is 39.6 Å². The number of imide groups is 1. The minimum Gasteiger partial charge on any atom is -0.305 e. The number of nitrogens with one attached hydrogen (secondary N) is 1. The van der Waals surface area contributed by atoms with E-state index in [4.69, 9.17) is 0 Å². The van der Waals surface area contributed by atoms with E-state index in [1.165, 1.54) is 49.2 Å². The first-order valence-corrected chi connectivity index (χ1v) is 14.1. The second kappa shape index (κ2) is 9.64. The van der Waals surface area contributed by atoms with Gasteiger partial charge in [0.1, 0.15) is 11.4 Å². The minimum atomic E-state index is -5.61. The molecule has 0 unspecified atom stereocenters. The van der Waals surface area contributed by atoms with Crippen molar-refractivity contribution in [3.63, 3.8) is 0 Å². The van der Waals surface area contributed by atoms with Crippen LogP contribution in [0, 0.1) is 0 Å². The minimum absolute atomic E-state index is 0.0170. The molecule has 10 nitrogen and oxygen atoms in total. The number of alkyl halides is 3. The van der Waals surface area contributed by atoms with Crippen molar-refractivity contribution in [2.24, 2.45) is 0 Å². The van der Waals surface area contributed by atoms with Crippen LogP contribution in [0.1, 0.15) is 19.4 Å². The van der Waals surface area contributed by atoms with Crippen LogP contribution >= 0.6 is 0 Å². The lowest BCUT2D eigenvalue weighted by atomic mass is 10.0. The standard InChI is InChI=1S/C24H21F3N4O6S2/c1-23(2)21(32)31(17-8-10-18(11-9-17)38(34,35)24(25,26)27)22(33)30(23)15-16-12-13-28-20(14-16)29-39(36,37)19-6-4-3-5-7-19/h3-14H,15H2,1-2H3,(H,28,29). The van der Waals surface area contributed by atoms with Gasteiger partial charge in [-0.3, -0.25) is 9.52 Å². The highest BCUT2D eigenvalue weighted by atomic mass is 32.2. The van der Waals surface area contributed by atoms with Gasteiger partial charge in [0.25, 0.3) is 25.8 Å². The lowest BCUT2D eigenvalue weighted by molar-refractivity contribution is -0.123. The number of hydrogen-bond acceptors (Lipinski definition) is 7. The summed E-state index contributed by atoms with van der Waals surface area (Å²) in [6, 6.07) is 12.9. The summed E-state index contributed by atoms with van der Waals surface area (Å²) < 4.78 is 89.5. The number of aromatic nitrogens is 1. The van der Waals surface area contributed by atoms with E-state index < -0.39 is 47.7 Å². The molecule has 206 valence electrons. The lowest BCUT2D eigenvalue weighted by Gasteiger charge is -2.27. The molecule has 2 heterocycles. The molecule has 1 aromatic heterocycles.